The summed E-state index contributed by atoms with van der Waals surface area (Å²) in [7, 11) is -1.99. The third-order valence-corrected chi connectivity index (χ3v) is 1.72. The van der Waals surface area contributed by atoms with Gasteiger partial charge in [-0.05, 0) is 25.3 Å². The Morgan fingerprint density at radius 1 is 1.38 bits per heavy atom. The Hall–Kier alpha value is 0.0200. The van der Waals surface area contributed by atoms with Crippen molar-refractivity contribution in [1.29, 1.82) is 0 Å². The molecule has 8 heavy (non-hydrogen) atoms. The van der Waals surface area contributed by atoms with Gasteiger partial charge in [0.05, 0.1) is 0 Å². The van der Waals surface area contributed by atoms with Crippen LogP contribution in [0.25, 0.3) is 0 Å². The summed E-state index contributed by atoms with van der Waals surface area (Å²) in [5.74, 6) is 0. The summed E-state index contributed by atoms with van der Waals surface area (Å²) < 4.78 is 10.2. The number of rotatable bonds is 0. The Bertz CT molecular complexity index is 86.5. The van der Waals surface area contributed by atoms with Crippen LogP contribution in [-0.2, 0) is 4.57 Å². The third kappa shape index (κ3) is 4.19. The van der Waals surface area contributed by atoms with Crippen molar-refractivity contribution in [3.8, 4) is 0 Å². The van der Waals surface area contributed by atoms with Crippen LogP contribution in [-0.4, -0.2) is 10.0 Å². The van der Waals surface area contributed by atoms with Crippen LogP contribution in [0.3, 0.4) is 0 Å². The summed E-state index contributed by atoms with van der Waals surface area (Å²) in [5.41, 5.74) is 0. The zero-order chi connectivity index (χ0) is 6.08. The summed E-state index contributed by atoms with van der Waals surface area (Å²) in [6.45, 7) is 5.18. The first-order valence-corrected chi connectivity index (χ1v) is 3.32. The Morgan fingerprint density at radius 3 is 1.50 bits per heavy atom. The molecular weight excluding hydrogens is 125 g/mol. The van der Waals surface area contributed by atoms with E-state index in [0.717, 1.165) is 0 Å². The molecule has 0 bridgehead atoms. The second-order valence-corrected chi connectivity index (χ2v) is 4.33. The molecule has 0 amide bonds. The maximum absolute atomic E-state index is 10.2. The highest BCUT2D eigenvalue weighted by Crippen LogP contribution is 2.32. The van der Waals surface area contributed by atoms with E-state index in [1.165, 1.54) is 0 Å². The zero-order valence-electron chi connectivity index (χ0n) is 5.51. The minimum Gasteiger partial charge on any atom is -0.344 e. The molecule has 0 saturated heterocycles. The minimum absolute atomic E-state index is 0. The second-order valence-electron chi connectivity index (χ2n) is 2.44. The molecule has 0 spiro atoms. The van der Waals surface area contributed by atoms with E-state index in [1.54, 1.807) is 20.8 Å². The molecule has 50 valence electrons. The van der Waals surface area contributed by atoms with Crippen LogP contribution in [0, 0.1) is 0 Å². The van der Waals surface area contributed by atoms with Crippen LogP contribution in [0.5, 0.6) is 0 Å². The third-order valence-electron chi connectivity index (χ3n) is 0.574. The predicted molar refractivity (Wildman–Crippen MR) is 34.6 cm³/mol. The van der Waals surface area contributed by atoms with Crippen LogP contribution >= 0.6 is 8.03 Å². The zero-order valence-corrected chi connectivity index (χ0v) is 6.40. The average molecular weight is 138 g/mol. The number of hydrogen-bond donors (Lipinski definition) is 2. The molecule has 1 unspecified atom stereocenters. The van der Waals surface area contributed by atoms with Gasteiger partial charge in [0.1, 0.15) is 0 Å². The fourth-order valence-electron chi connectivity index (χ4n) is 0. The summed E-state index contributed by atoms with van der Waals surface area (Å²) in [6.07, 6.45) is 0. The molecular formula is C4H13NO2P+. The molecule has 0 aliphatic heterocycles. The summed E-state index contributed by atoms with van der Waals surface area (Å²) >= 11 is 0. The molecule has 4 N–H and O–H groups in total. The Balaban J connectivity index is 0. The van der Waals surface area contributed by atoms with Crippen LogP contribution in [0.4, 0.5) is 0 Å². The van der Waals surface area contributed by atoms with Gasteiger partial charge in [0.2, 0.25) is 0 Å². The smallest absolute Gasteiger partial charge is 0.344 e. The average Bonchev–Trinajstić information content (AvgIpc) is 1.31. The maximum atomic E-state index is 10.2. The van der Waals surface area contributed by atoms with Crippen molar-refractivity contribution in [3.63, 3.8) is 0 Å². The standard InChI is InChI=1S/C4H9O2P.H3N/c1-4(2,3)7(5)6;/h1-3H3;1H3/p+1. The number of hydrogen-bond acceptors (Lipinski definition) is 2. The molecule has 0 heterocycles. The fourth-order valence-corrected chi connectivity index (χ4v) is 0. The molecule has 0 radical (unpaired) electrons. The Morgan fingerprint density at radius 2 is 1.50 bits per heavy atom. The van der Waals surface area contributed by atoms with E-state index in [-0.39, 0.29) is 6.15 Å². The van der Waals surface area contributed by atoms with E-state index in [1.807, 2.05) is 0 Å². The monoisotopic (exact) mass is 138 g/mol. The van der Waals surface area contributed by atoms with Gasteiger partial charge >= 0.3 is 8.03 Å². The molecule has 0 aliphatic rings. The summed E-state index contributed by atoms with van der Waals surface area (Å²) in [6, 6.07) is 0. The lowest BCUT2D eigenvalue weighted by Crippen LogP contribution is -2.05. The van der Waals surface area contributed by atoms with Crippen LogP contribution in [0.2, 0.25) is 0 Å². The molecule has 3 nitrogen and oxygen atoms in total. The quantitative estimate of drug-likeness (QED) is 0.500. The topological polar surface area (TPSA) is 72.3 Å². The van der Waals surface area contributed by atoms with Gasteiger partial charge < -0.3 is 6.15 Å². The van der Waals surface area contributed by atoms with Crippen LogP contribution in [0.1, 0.15) is 20.8 Å². The van der Waals surface area contributed by atoms with E-state index in [9.17, 15) is 4.57 Å². The van der Waals surface area contributed by atoms with E-state index in [2.05, 4.69) is 0 Å². The Kier molecular flexibility index (Phi) is 4.26. The first kappa shape index (κ1) is 10.9. The molecule has 4 heteroatoms. The van der Waals surface area contributed by atoms with Gasteiger partial charge in [-0.15, -0.1) is 0 Å². The van der Waals surface area contributed by atoms with E-state index >= 15 is 0 Å². The first-order chi connectivity index (χ1) is 2.94. The van der Waals surface area contributed by atoms with Gasteiger partial charge in [-0.25, -0.2) is 0 Å². The highest BCUT2D eigenvalue weighted by atomic mass is 31.1. The van der Waals surface area contributed by atoms with Crippen molar-refractivity contribution in [1.82, 2.24) is 6.15 Å². The molecule has 0 aliphatic carbocycles. The van der Waals surface area contributed by atoms with Crippen molar-refractivity contribution in [2.45, 2.75) is 25.9 Å². The van der Waals surface area contributed by atoms with Crippen molar-refractivity contribution in [2.24, 2.45) is 0 Å². The molecule has 0 aromatic rings. The largest absolute Gasteiger partial charge is 0.510 e. The fraction of sp³-hybridized carbons (Fsp3) is 1.00. The van der Waals surface area contributed by atoms with Crippen LogP contribution < -0.4 is 6.15 Å². The molecule has 0 saturated carbocycles. The van der Waals surface area contributed by atoms with Crippen molar-refractivity contribution >= 4 is 8.03 Å². The molecule has 0 aromatic carbocycles. The van der Waals surface area contributed by atoms with Gasteiger partial charge in [-0.1, -0.05) is 0 Å². The first-order valence-electron chi connectivity index (χ1n) is 2.11. The molecule has 0 fully saturated rings. The highest BCUT2D eigenvalue weighted by Gasteiger charge is 2.32. The van der Waals surface area contributed by atoms with E-state index in [4.69, 9.17) is 4.89 Å². The SMILES string of the molecule is CC(C)(C)[P+](=O)O.N. The lowest BCUT2D eigenvalue weighted by atomic mass is 10.3. The van der Waals surface area contributed by atoms with E-state index < -0.39 is 13.2 Å². The Labute approximate surface area is 50.6 Å². The normalized spacial score (nSPS) is 12.2. The van der Waals surface area contributed by atoms with Gasteiger partial charge in [0, 0.05) is 0 Å². The lowest BCUT2D eigenvalue weighted by molar-refractivity contribution is 0.473. The van der Waals surface area contributed by atoms with E-state index in [0.29, 0.717) is 0 Å². The highest BCUT2D eigenvalue weighted by molar-refractivity contribution is 7.39. The minimum atomic E-state index is -1.99. The summed E-state index contributed by atoms with van der Waals surface area (Å²) in [5, 5.41) is -0.435. The van der Waals surface area contributed by atoms with Gasteiger partial charge in [-0.2, -0.15) is 4.89 Å². The molecule has 0 rings (SSSR count). The maximum Gasteiger partial charge on any atom is 0.510 e. The van der Waals surface area contributed by atoms with Gasteiger partial charge in [-0.3, -0.25) is 0 Å². The van der Waals surface area contributed by atoms with Gasteiger partial charge in [0.15, 0.2) is 5.16 Å². The molecule has 0 aromatic heterocycles. The summed E-state index contributed by atoms with van der Waals surface area (Å²) in [4.78, 5) is 8.40. The van der Waals surface area contributed by atoms with Crippen molar-refractivity contribution < 1.29 is 9.46 Å². The van der Waals surface area contributed by atoms with Crippen molar-refractivity contribution in [3.05, 3.63) is 0 Å². The molecule has 1 atom stereocenters. The lowest BCUT2D eigenvalue weighted by Gasteiger charge is -1.96. The predicted octanol–water partition coefficient (Wildman–Crippen LogP) is 1.68. The van der Waals surface area contributed by atoms with Crippen molar-refractivity contribution in [2.75, 3.05) is 0 Å². The second kappa shape index (κ2) is 3.13. The van der Waals surface area contributed by atoms with Crippen LogP contribution in [0.15, 0.2) is 0 Å². The van der Waals surface area contributed by atoms with Gasteiger partial charge in [0.25, 0.3) is 0 Å².